The van der Waals surface area contributed by atoms with Crippen LogP contribution in [0.2, 0.25) is 0 Å². The lowest BCUT2D eigenvalue weighted by molar-refractivity contribution is -0.135. The van der Waals surface area contributed by atoms with Gasteiger partial charge in [0.1, 0.15) is 5.25 Å². The van der Waals surface area contributed by atoms with Gasteiger partial charge < -0.3 is 5.11 Å². The standard InChI is InChI=1S/C30H55NO5S/c1-3-5-6-7-8-9-10-11-12-13-14-15-16-17-18-19-20-21-22-23-24-31-29(33)25-28(30(31)34)37(35,36)26-27(32)4-2/h23-24,27-28,32H,3-22,25-26H2,1-2H3/b24-23+. The molecule has 1 rings (SSSR count). The van der Waals surface area contributed by atoms with Crippen LogP contribution in [0.15, 0.2) is 12.3 Å². The van der Waals surface area contributed by atoms with Crippen molar-refractivity contribution in [2.24, 2.45) is 0 Å². The lowest BCUT2D eigenvalue weighted by Crippen LogP contribution is -2.36. The molecule has 0 aliphatic carbocycles. The fourth-order valence-electron chi connectivity index (χ4n) is 4.91. The van der Waals surface area contributed by atoms with E-state index in [9.17, 15) is 23.1 Å². The van der Waals surface area contributed by atoms with Crippen LogP contribution in [0.25, 0.3) is 0 Å². The molecule has 0 radical (unpaired) electrons. The lowest BCUT2D eigenvalue weighted by atomic mass is 10.0. The second kappa shape index (κ2) is 20.7. The van der Waals surface area contributed by atoms with E-state index in [1.54, 1.807) is 13.0 Å². The van der Waals surface area contributed by atoms with Gasteiger partial charge in [-0.1, -0.05) is 129 Å². The average molecular weight is 542 g/mol. The number of likely N-dealkylation sites (tertiary alicyclic amines) is 1. The van der Waals surface area contributed by atoms with Crippen LogP contribution >= 0.6 is 0 Å². The third-order valence-corrected chi connectivity index (χ3v) is 9.53. The van der Waals surface area contributed by atoms with E-state index in [0.717, 1.165) is 24.2 Å². The first-order chi connectivity index (χ1) is 17.8. The first-order valence-corrected chi connectivity index (χ1v) is 17.0. The maximum absolute atomic E-state index is 12.5. The van der Waals surface area contributed by atoms with Crippen molar-refractivity contribution in [3.63, 3.8) is 0 Å². The monoisotopic (exact) mass is 541 g/mol. The van der Waals surface area contributed by atoms with Crippen LogP contribution in [0.5, 0.6) is 0 Å². The zero-order valence-corrected chi connectivity index (χ0v) is 24.6. The maximum atomic E-state index is 12.5. The van der Waals surface area contributed by atoms with Gasteiger partial charge in [-0.3, -0.25) is 14.5 Å². The molecule has 1 aliphatic heterocycles. The molecule has 1 N–H and O–H groups in total. The molecule has 7 heteroatoms. The molecular weight excluding hydrogens is 486 g/mol. The number of nitrogens with zero attached hydrogens (tertiary/aromatic N) is 1. The fraction of sp³-hybridized carbons (Fsp3) is 0.867. The summed E-state index contributed by atoms with van der Waals surface area (Å²) in [5.41, 5.74) is 0. The minimum atomic E-state index is -3.85. The molecule has 1 heterocycles. The van der Waals surface area contributed by atoms with E-state index >= 15 is 0 Å². The van der Waals surface area contributed by atoms with E-state index < -0.39 is 38.8 Å². The second-order valence-electron chi connectivity index (χ2n) is 10.9. The molecule has 6 nitrogen and oxygen atoms in total. The molecule has 0 aromatic rings. The Kier molecular flexibility index (Phi) is 18.9. The zero-order valence-electron chi connectivity index (χ0n) is 23.8. The molecule has 0 bridgehead atoms. The SMILES string of the molecule is CCCCCCCCCCCCCCCCCCCC/C=C/N1C(=O)CC(S(=O)(=O)CC(O)CC)C1=O. The molecule has 1 aliphatic rings. The van der Waals surface area contributed by atoms with Gasteiger partial charge in [0.05, 0.1) is 18.3 Å². The number of rotatable bonds is 24. The fourth-order valence-corrected chi connectivity index (χ4v) is 6.73. The number of hydrogen-bond donors (Lipinski definition) is 1. The number of sulfone groups is 1. The highest BCUT2D eigenvalue weighted by atomic mass is 32.2. The Balaban J connectivity index is 1.99. The van der Waals surface area contributed by atoms with Crippen LogP contribution in [0.1, 0.15) is 149 Å². The molecule has 0 saturated carbocycles. The second-order valence-corrected chi connectivity index (χ2v) is 13.1. The summed E-state index contributed by atoms with van der Waals surface area (Å²) in [4.78, 5) is 25.6. The summed E-state index contributed by atoms with van der Waals surface area (Å²) in [7, 11) is -3.85. The number of hydrogen-bond acceptors (Lipinski definition) is 5. The van der Waals surface area contributed by atoms with Crippen LogP contribution < -0.4 is 0 Å². The molecule has 1 fully saturated rings. The highest BCUT2D eigenvalue weighted by molar-refractivity contribution is 7.92. The molecule has 2 atom stereocenters. The van der Waals surface area contributed by atoms with Gasteiger partial charge in [-0.25, -0.2) is 8.42 Å². The van der Waals surface area contributed by atoms with Gasteiger partial charge in [-0.2, -0.15) is 0 Å². The number of unbranched alkanes of at least 4 members (excludes halogenated alkanes) is 18. The summed E-state index contributed by atoms with van der Waals surface area (Å²) in [6, 6.07) is 0. The number of amides is 2. The smallest absolute Gasteiger partial charge is 0.252 e. The van der Waals surface area contributed by atoms with Gasteiger partial charge in [0.25, 0.3) is 5.91 Å². The van der Waals surface area contributed by atoms with E-state index in [4.69, 9.17) is 0 Å². The Labute approximate surface area is 227 Å². The molecule has 1 saturated heterocycles. The van der Waals surface area contributed by atoms with Crippen LogP contribution in [0.3, 0.4) is 0 Å². The summed E-state index contributed by atoms with van der Waals surface area (Å²) in [5.74, 6) is -1.66. The minimum absolute atomic E-state index is 0.289. The predicted molar refractivity (Wildman–Crippen MR) is 153 cm³/mol. The topological polar surface area (TPSA) is 91.8 Å². The van der Waals surface area contributed by atoms with Crippen molar-refractivity contribution >= 4 is 21.7 Å². The van der Waals surface area contributed by atoms with E-state index in [1.165, 1.54) is 109 Å². The number of aliphatic hydroxyl groups is 1. The Bertz CT molecular complexity index is 749. The summed E-state index contributed by atoms with van der Waals surface area (Å²) in [6.45, 7) is 3.95. The Morgan fingerprint density at radius 3 is 1.65 bits per heavy atom. The van der Waals surface area contributed by atoms with Gasteiger partial charge >= 0.3 is 0 Å². The molecule has 2 amide bonds. The quantitative estimate of drug-likeness (QED) is 0.103. The Hall–Kier alpha value is -1.21. The Morgan fingerprint density at radius 2 is 1.22 bits per heavy atom. The van der Waals surface area contributed by atoms with Crippen molar-refractivity contribution in [1.29, 1.82) is 0 Å². The predicted octanol–water partition coefficient (Wildman–Crippen LogP) is 7.25. The van der Waals surface area contributed by atoms with E-state index in [2.05, 4.69) is 6.92 Å². The van der Waals surface area contributed by atoms with Gasteiger partial charge in [0.2, 0.25) is 5.91 Å². The minimum Gasteiger partial charge on any atom is -0.392 e. The van der Waals surface area contributed by atoms with E-state index in [0.29, 0.717) is 0 Å². The van der Waals surface area contributed by atoms with Crippen molar-refractivity contribution in [2.75, 3.05) is 5.75 Å². The van der Waals surface area contributed by atoms with Crippen molar-refractivity contribution < 1.29 is 23.1 Å². The number of imide groups is 1. The van der Waals surface area contributed by atoms with Crippen LogP contribution in [0.4, 0.5) is 0 Å². The molecule has 37 heavy (non-hydrogen) atoms. The summed E-state index contributed by atoms with van der Waals surface area (Å²) in [5, 5.41) is 8.29. The normalized spacial score (nSPS) is 17.4. The van der Waals surface area contributed by atoms with Gasteiger partial charge in [0.15, 0.2) is 9.84 Å². The van der Waals surface area contributed by atoms with Gasteiger partial charge in [-0.15, -0.1) is 0 Å². The highest BCUT2D eigenvalue weighted by Crippen LogP contribution is 2.22. The first kappa shape index (κ1) is 33.8. The molecule has 0 spiro atoms. The summed E-state index contributed by atoms with van der Waals surface area (Å²) in [6.07, 6.45) is 26.9. The van der Waals surface area contributed by atoms with E-state index in [1.807, 2.05) is 0 Å². The zero-order chi connectivity index (χ0) is 27.4. The number of carbonyl (C=O) groups excluding carboxylic acids is 2. The summed E-state index contributed by atoms with van der Waals surface area (Å²) < 4.78 is 24.8. The van der Waals surface area contributed by atoms with Gasteiger partial charge in [-0.05, 0) is 19.3 Å². The van der Waals surface area contributed by atoms with Crippen LogP contribution in [-0.4, -0.2) is 47.3 Å². The Morgan fingerprint density at radius 1 is 0.784 bits per heavy atom. The highest BCUT2D eigenvalue weighted by Gasteiger charge is 2.45. The molecule has 216 valence electrons. The third kappa shape index (κ3) is 15.1. The van der Waals surface area contributed by atoms with Crippen LogP contribution in [-0.2, 0) is 19.4 Å². The number of aliphatic hydroxyl groups excluding tert-OH is 1. The third-order valence-electron chi connectivity index (χ3n) is 7.45. The number of carbonyl (C=O) groups is 2. The molecular formula is C30H55NO5S. The average Bonchev–Trinajstić information content (AvgIpc) is 3.16. The summed E-state index contributed by atoms with van der Waals surface area (Å²) >= 11 is 0. The van der Waals surface area contributed by atoms with Crippen LogP contribution in [0, 0.1) is 0 Å². The van der Waals surface area contributed by atoms with Crippen molar-refractivity contribution in [1.82, 2.24) is 4.90 Å². The molecule has 0 aromatic carbocycles. The van der Waals surface area contributed by atoms with Crippen molar-refractivity contribution in [3.8, 4) is 0 Å². The number of allylic oxidation sites excluding steroid dienone is 1. The van der Waals surface area contributed by atoms with Crippen molar-refractivity contribution in [2.45, 2.75) is 160 Å². The molecule has 2 unspecified atom stereocenters. The van der Waals surface area contributed by atoms with Crippen molar-refractivity contribution in [3.05, 3.63) is 12.3 Å². The first-order valence-electron chi connectivity index (χ1n) is 15.3. The lowest BCUT2D eigenvalue weighted by Gasteiger charge is -2.13. The van der Waals surface area contributed by atoms with Gasteiger partial charge in [0, 0.05) is 6.20 Å². The maximum Gasteiger partial charge on any atom is 0.252 e. The van der Waals surface area contributed by atoms with E-state index in [-0.39, 0.29) is 12.8 Å². The molecule has 0 aromatic heterocycles. The largest absolute Gasteiger partial charge is 0.392 e.